The summed E-state index contributed by atoms with van der Waals surface area (Å²) in [6.45, 7) is 6.40. The molecule has 0 aliphatic carbocycles. The molecule has 76 valence electrons. The van der Waals surface area contributed by atoms with Gasteiger partial charge in [0.2, 0.25) is 0 Å². The van der Waals surface area contributed by atoms with Crippen LogP contribution < -0.4 is 4.74 Å². The first-order chi connectivity index (χ1) is 6.52. The van der Waals surface area contributed by atoms with Crippen molar-refractivity contribution in [2.75, 3.05) is 7.05 Å². The third-order valence-corrected chi connectivity index (χ3v) is 3.16. The molecule has 1 aromatic rings. The highest BCUT2D eigenvalue weighted by molar-refractivity contribution is 5.37. The summed E-state index contributed by atoms with van der Waals surface area (Å²) in [7, 11) is 2.10. The van der Waals surface area contributed by atoms with Gasteiger partial charge in [-0.3, -0.25) is 4.90 Å². The van der Waals surface area contributed by atoms with Crippen LogP contribution in [0, 0.1) is 0 Å². The number of ether oxygens (including phenoxy) is 1. The summed E-state index contributed by atoms with van der Waals surface area (Å²) in [5, 5.41) is 0. The molecule has 0 aromatic heterocycles. The minimum Gasteiger partial charge on any atom is -0.473 e. The zero-order valence-electron chi connectivity index (χ0n) is 9.24. The van der Waals surface area contributed by atoms with Gasteiger partial charge >= 0.3 is 0 Å². The van der Waals surface area contributed by atoms with Gasteiger partial charge in [-0.25, -0.2) is 0 Å². The number of hydrogen-bond acceptors (Lipinski definition) is 2. The summed E-state index contributed by atoms with van der Waals surface area (Å²) >= 11 is 0. The van der Waals surface area contributed by atoms with Crippen LogP contribution in [0.2, 0.25) is 0 Å². The largest absolute Gasteiger partial charge is 0.473 e. The molecule has 1 aromatic carbocycles. The van der Waals surface area contributed by atoms with Crippen LogP contribution in [0.4, 0.5) is 0 Å². The van der Waals surface area contributed by atoms with Gasteiger partial charge in [0.15, 0.2) is 5.72 Å². The maximum atomic E-state index is 5.93. The monoisotopic (exact) mass is 191 g/mol. The van der Waals surface area contributed by atoms with Crippen LogP contribution in [0.25, 0.3) is 0 Å². The quantitative estimate of drug-likeness (QED) is 0.625. The van der Waals surface area contributed by atoms with E-state index in [0.29, 0.717) is 6.04 Å². The van der Waals surface area contributed by atoms with E-state index in [0.717, 1.165) is 5.75 Å². The van der Waals surface area contributed by atoms with Crippen molar-refractivity contribution in [3.8, 4) is 5.75 Å². The molecule has 0 amide bonds. The lowest BCUT2D eigenvalue weighted by Crippen LogP contribution is -2.50. The molecule has 2 heteroatoms. The Bertz CT molecular complexity index is 346. The van der Waals surface area contributed by atoms with Crippen molar-refractivity contribution < 1.29 is 4.74 Å². The summed E-state index contributed by atoms with van der Waals surface area (Å²) in [4.78, 5) is 2.25. The Morgan fingerprint density at radius 3 is 2.64 bits per heavy atom. The molecule has 0 N–H and O–H groups in total. The zero-order valence-corrected chi connectivity index (χ0v) is 9.24. The second-order valence-corrected chi connectivity index (χ2v) is 4.37. The Morgan fingerprint density at radius 1 is 1.29 bits per heavy atom. The smallest absolute Gasteiger partial charge is 0.158 e. The van der Waals surface area contributed by atoms with Gasteiger partial charge in [0, 0.05) is 11.6 Å². The minimum atomic E-state index is -0.215. The first-order valence-corrected chi connectivity index (χ1v) is 5.03. The number of para-hydroxylation sites is 1. The van der Waals surface area contributed by atoms with Gasteiger partial charge in [-0.05, 0) is 33.9 Å². The first kappa shape index (κ1) is 9.53. The number of fused-ring (bicyclic) bond motifs is 1. The molecule has 14 heavy (non-hydrogen) atoms. The van der Waals surface area contributed by atoms with Crippen molar-refractivity contribution >= 4 is 0 Å². The molecule has 1 aliphatic rings. The summed E-state index contributed by atoms with van der Waals surface area (Å²) in [6, 6.07) is 8.67. The molecule has 0 fully saturated rings. The summed E-state index contributed by atoms with van der Waals surface area (Å²) < 4.78 is 5.93. The third-order valence-electron chi connectivity index (χ3n) is 3.16. The van der Waals surface area contributed by atoms with Gasteiger partial charge in [0.05, 0.1) is 0 Å². The van der Waals surface area contributed by atoms with Crippen molar-refractivity contribution in [2.24, 2.45) is 0 Å². The average Bonchev–Trinajstić information content (AvgIpc) is 2.14. The maximum Gasteiger partial charge on any atom is 0.158 e. The normalized spacial score (nSPS) is 25.3. The first-order valence-electron chi connectivity index (χ1n) is 5.03. The molecule has 2 rings (SSSR count). The molecule has 0 spiro atoms. The number of benzene rings is 1. The third kappa shape index (κ3) is 1.30. The molecule has 1 aliphatic heterocycles. The second-order valence-electron chi connectivity index (χ2n) is 4.37. The van der Waals surface area contributed by atoms with Crippen molar-refractivity contribution in [1.29, 1.82) is 0 Å². The second kappa shape index (κ2) is 2.99. The number of rotatable bonds is 0. The molecule has 0 saturated carbocycles. The van der Waals surface area contributed by atoms with Crippen LogP contribution in [0.3, 0.4) is 0 Å². The lowest BCUT2D eigenvalue weighted by atomic mass is 10.0. The highest BCUT2D eigenvalue weighted by Crippen LogP contribution is 2.39. The van der Waals surface area contributed by atoms with E-state index in [1.807, 2.05) is 12.1 Å². The lowest BCUT2D eigenvalue weighted by Gasteiger charge is -2.44. The molecule has 1 heterocycles. The van der Waals surface area contributed by atoms with E-state index in [9.17, 15) is 0 Å². The Morgan fingerprint density at radius 2 is 1.93 bits per heavy atom. The van der Waals surface area contributed by atoms with Gasteiger partial charge in [-0.1, -0.05) is 18.2 Å². The highest BCUT2D eigenvalue weighted by atomic mass is 16.5. The van der Waals surface area contributed by atoms with Gasteiger partial charge in [-0.2, -0.15) is 0 Å². The van der Waals surface area contributed by atoms with E-state index >= 15 is 0 Å². The average molecular weight is 191 g/mol. The van der Waals surface area contributed by atoms with Crippen LogP contribution in [0.5, 0.6) is 5.75 Å². The molecule has 0 radical (unpaired) electrons. The molecule has 1 unspecified atom stereocenters. The van der Waals surface area contributed by atoms with Crippen LogP contribution in [0.1, 0.15) is 32.4 Å². The zero-order chi connectivity index (χ0) is 10.3. The van der Waals surface area contributed by atoms with Crippen molar-refractivity contribution in [3.63, 3.8) is 0 Å². The van der Waals surface area contributed by atoms with Crippen molar-refractivity contribution in [2.45, 2.75) is 32.5 Å². The standard InChI is InChI=1S/C12H17NO/c1-9-10-7-5-6-8-11(10)14-12(2,3)13(9)4/h5-9H,1-4H3. The Labute approximate surface area is 85.5 Å². The van der Waals surface area contributed by atoms with Gasteiger partial charge in [-0.15, -0.1) is 0 Å². The predicted molar refractivity (Wildman–Crippen MR) is 57.3 cm³/mol. The van der Waals surface area contributed by atoms with Crippen molar-refractivity contribution in [1.82, 2.24) is 4.90 Å². The number of hydrogen-bond donors (Lipinski definition) is 0. The van der Waals surface area contributed by atoms with E-state index in [1.54, 1.807) is 0 Å². The lowest BCUT2D eigenvalue weighted by molar-refractivity contribution is -0.0797. The van der Waals surface area contributed by atoms with Crippen LogP contribution in [-0.2, 0) is 0 Å². The maximum absolute atomic E-state index is 5.93. The topological polar surface area (TPSA) is 12.5 Å². The van der Waals surface area contributed by atoms with E-state index in [1.165, 1.54) is 5.56 Å². The van der Waals surface area contributed by atoms with Crippen LogP contribution in [-0.4, -0.2) is 17.7 Å². The Hall–Kier alpha value is -1.02. The van der Waals surface area contributed by atoms with E-state index in [2.05, 4.69) is 44.9 Å². The summed E-state index contributed by atoms with van der Waals surface area (Å²) in [5.41, 5.74) is 1.06. The Balaban J connectivity index is 2.48. The Kier molecular flexibility index (Phi) is 2.04. The SMILES string of the molecule is CC1c2ccccc2OC(C)(C)N1C. The molecular weight excluding hydrogens is 174 g/mol. The van der Waals surface area contributed by atoms with Crippen LogP contribution >= 0.6 is 0 Å². The van der Waals surface area contributed by atoms with Gasteiger partial charge < -0.3 is 4.74 Å². The number of nitrogens with zero attached hydrogens (tertiary/aromatic N) is 1. The van der Waals surface area contributed by atoms with Crippen LogP contribution in [0.15, 0.2) is 24.3 Å². The van der Waals surface area contributed by atoms with E-state index in [-0.39, 0.29) is 5.72 Å². The molecular formula is C12H17NO. The fraction of sp³-hybridized carbons (Fsp3) is 0.500. The van der Waals surface area contributed by atoms with Gasteiger partial charge in [0.25, 0.3) is 0 Å². The summed E-state index contributed by atoms with van der Waals surface area (Å²) in [6.07, 6.45) is 0. The molecule has 0 saturated heterocycles. The molecule has 2 nitrogen and oxygen atoms in total. The fourth-order valence-corrected chi connectivity index (χ4v) is 1.93. The van der Waals surface area contributed by atoms with Gasteiger partial charge in [0.1, 0.15) is 5.75 Å². The van der Waals surface area contributed by atoms with E-state index in [4.69, 9.17) is 4.74 Å². The van der Waals surface area contributed by atoms with Crippen molar-refractivity contribution in [3.05, 3.63) is 29.8 Å². The molecule has 1 atom stereocenters. The minimum absolute atomic E-state index is 0.215. The van der Waals surface area contributed by atoms with E-state index < -0.39 is 0 Å². The molecule has 0 bridgehead atoms. The predicted octanol–water partition coefficient (Wildman–Crippen LogP) is 2.81. The summed E-state index contributed by atoms with van der Waals surface area (Å²) in [5.74, 6) is 1.02. The highest BCUT2D eigenvalue weighted by Gasteiger charge is 2.35. The fourth-order valence-electron chi connectivity index (χ4n) is 1.93.